The van der Waals surface area contributed by atoms with Crippen LogP contribution in [-0.2, 0) is 5.33 Å². The van der Waals surface area contributed by atoms with Gasteiger partial charge in [-0.2, -0.15) is 5.26 Å². The van der Waals surface area contributed by atoms with Crippen molar-refractivity contribution in [1.29, 1.82) is 5.26 Å². The number of rotatable bonds is 6. The topological polar surface area (TPSA) is 76.2 Å². The number of nitriles is 1. The average Bonchev–Trinajstić information content (AvgIpc) is 3.16. The SMILES string of the molecule is N#CCC1(COc2ccc([N+](=O)[O-])cc2CBr)CC1. The van der Waals surface area contributed by atoms with Crippen LogP contribution in [0.1, 0.15) is 24.8 Å². The van der Waals surface area contributed by atoms with E-state index in [2.05, 4.69) is 22.0 Å². The standard InChI is InChI=1S/C13H13BrN2O3/c14-8-10-7-11(16(17)18)1-2-12(10)19-9-13(3-4-13)5-6-15/h1-2,7H,3-5,8-9H2. The lowest BCUT2D eigenvalue weighted by Gasteiger charge is -2.14. The third kappa shape index (κ3) is 3.24. The Morgan fingerprint density at radius 1 is 1.53 bits per heavy atom. The molecule has 0 unspecified atom stereocenters. The first-order valence-electron chi connectivity index (χ1n) is 5.93. The van der Waals surface area contributed by atoms with Crippen LogP contribution >= 0.6 is 15.9 Å². The molecule has 1 aromatic rings. The van der Waals surface area contributed by atoms with Crippen molar-refractivity contribution in [2.24, 2.45) is 5.41 Å². The van der Waals surface area contributed by atoms with Gasteiger partial charge in [-0.1, -0.05) is 15.9 Å². The Balaban J connectivity index is 2.08. The number of alkyl halides is 1. The van der Waals surface area contributed by atoms with Crippen molar-refractivity contribution in [3.8, 4) is 11.8 Å². The predicted molar refractivity (Wildman–Crippen MR) is 73.1 cm³/mol. The summed E-state index contributed by atoms with van der Waals surface area (Å²) >= 11 is 3.30. The molecule has 1 aliphatic carbocycles. The number of hydrogen-bond donors (Lipinski definition) is 0. The van der Waals surface area contributed by atoms with Crippen molar-refractivity contribution in [2.45, 2.75) is 24.6 Å². The number of nitrogens with zero attached hydrogens (tertiary/aromatic N) is 2. The molecule has 1 aromatic carbocycles. The highest BCUT2D eigenvalue weighted by molar-refractivity contribution is 9.08. The average molecular weight is 325 g/mol. The van der Waals surface area contributed by atoms with E-state index in [1.807, 2.05) is 0 Å². The molecular weight excluding hydrogens is 312 g/mol. The number of nitro benzene ring substituents is 1. The first-order valence-corrected chi connectivity index (χ1v) is 7.05. The maximum Gasteiger partial charge on any atom is 0.270 e. The molecule has 0 spiro atoms. The summed E-state index contributed by atoms with van der Waals surface area (Å²) in [5.74, 6) is 0.645. The van der Waals surface area contributed by atoms with Crippen LogP contribution in [0.3, 0.4) is 0 Å². The Morgan fingerprint density at radius 2 is 2.26 bits per heavy atom. The number of halogens is 1. The maximum absolute atomic E-state index is 10.7. The largest absolute Gasteiger partial charge is 0.493 e. The van der Waals surface area contributed by atoms with Gasteiger partial charge in [0.1, 0.15) is 5.75 Å². The molecule has 0 amide bonds. The van der Waals surface area contributed by atoms with E-state index in [0.717, 1.165) is 18.4 Å². The van der Waals surface area contributed by atoms with Crippen molar-refractivity contribution in [3.63, 3.8) is 0 Å². The summed E-state index contributed by atoms with van der Waals surface area (Å²) in [4.78, 5) is 10.3. The Labute approximate surface area is 119 Å². The van der Waals surface area contributed by atoms with Crippen molar-refractivity contribution in [1.82, 2.24) is 0 Å². The summed E-state index contributed by atoms with van der Waals surface area (Å²) in [5.41, 5.74) is 0.807. The lowest BCUT2D eigenvalue weighted by molar-refractivity contribution is -0.384. The van der Waals surface area contributed by atoms with Crippen LogP contribution in [0.5, 0.6) is 5.75 Å². The van der Waals surface area contributed by atoms with E-state index in [9.17, 15) is 10.1 Å². The summed E-state index contributed by atoms with van der Waals surface area (Å²) in [6, 6.07) is 6.75. The Bertz CT molecular complexity index is 535. The zero-order valence-electron chi connectivity index (χ0n) is 10.3. The second-order valence-electron chi connectivity index (χ2n) is 4.81. The van der Waals surface area contributed by atoms with Crippen LogP contribution in [0.4, 0.5) is 5.69 Å². The smallest absolute Gasteiger partial charge is 0.270 e. The molecule has 6 heteroatoms. The van der Waals surface area contributed by atoms with Crippen LogP contribution in [-0.4, -0.2) is 11.5 Å². The Kier molecular flexibility index (Phi) is 4.05. The van der Waals surface area contributed by atoms with E-state index in [-0.39, 0.29) is 11.1 Å². The minimum atomic E-state index is -0.423. The van der Waals surface area contributed by atoms with Gasteiger partial charge in [0.05, 0.1) is 17.6 Å². The number of nitro groups is 1. The summed E-state index contributed by atoms with van der Waals surface area (Å²) in [5, 5.41) is 20.0. The second kappa shape index (κ2) is 5.57. The van der Waals surface area contributed by atoms with Crippen LogP contribution in [0.25, 0.3) is 0 Å². The van der Waals surface area contributed by atoms with Crippen molar-refractivity contribution >= 4 is 21.6 Å². The molecule has 1 saturated carbocycles. The highest BCUT2D eigenvalue weighted by Crippen LogP contribution is 2.48. The third-order valence-corrected chi connectivity index (χ3v) is 3.95. The van der Waals surface area contributed by atoms with E-state index >= 15 is 0 Å². The first kappa shape index (κ1) is 13.8. The van der Waals surface area contributed by atoms with Gasteiger partial charge in [-0.25, -0.2) is 0 Å². The molecular formula is C13H13BrN2O3. The van der Waals surface area contributed by atoms with Crippen molar-refractivity contribution < 1.29 is 9.66 Å². The minimum absolute atomic E-state index is 0.000107. The molecule has 0 radical (unpaired) electrons. The van der Waals surface area contributed by atoms with Gasteiger partial charge in [-0.15, -0.1) is 0 Å². The van der Waals surface area contributed by atoms with Crippen molar-refractivity contribution in [2.75, 3.05) is 6.61 Å². The summed E-state index contributed by atoms with van der Waals surface area (Å²) in [6.07, 6.45) is 2.53. The highest BCUT2D eigenvalue weighted by atomic mass is 79.9. The summed E-state index contributed by atoms with van der Waals surface area (Å²) < 4.78 is 5.74. The van der Waals surface area contributed by atoms with Crippen LogP contribution in [0, 0.1) is 26.9 Å². The van der Waals surface area contributed by atoms with Crippen LogP contribution < -0.4 is 4.74 Å². The number of ether oxygens (including phenoxy) is 1. The third-order valence-electron chi connectivity index (χ3n) is 3.34. The quantitative estimate of drug-likeness (QED) is 0.455. The maximum atomic E-state index is 10.7. The molecule has 1 aliphatic rings. The van der Waals surface area contributed by atoms with Gasteiger partial charge in [-0.05, 0) is 18.9 Å². The molecule has 100 valence electrons. The fourth-order valence-corrected chi connectivity index (χ4v) is 2.31. The van der Waals surface area contributed by atoms with E-state index in [4.69, 9.17) is 10.00 Å². The predicted octanol–water partition coefficient (Wildman–Crippen LogP) is 3.56. The van der Waals surface area contributed by atoms with Gasteiger partial charge in [0.15, 0.2) is 0 Å². The molecule has 0 bridgehead atoms. The minimum Gasteiger partial charge on any atom is -0.493 e. The zero-order valence-corrected chi connectivity index (χ0v) is 11.9. The van der Waals surface area contributed by atoms with Gasteiger partial charge in [0, 0.05) is 34.9 Å². The summed E-state index contributed by atoms with van der Waals surface area (Å²) in [7, 11) is 0. The Morgan fingerprint density at radius 3 is 2.79 bits per heavy atom. The van der Waals surface area contributed by atoms with Gasteiger partial charge >= 0.3 is 0 Å². The molecule has 0 atom stereocenters. The van der Waals surface area contributed by atoms with Gasteiger partial charge in [-0.3, -0.25) is 10.1 Å². The van der Waals surface area contributed by atoms with Gasteiger partial charge < -0.3 is 4.74 Å². The highest BCUT2D eigenvalue weighted by Gasteiger charge is 2.43. The number of hydrogen-bond acceptors (Lipinski definition) is 4. The lowest BCUT2D eigenvalue weighted by Crippen LogP contribution is -2.13. The lowest BCUT2D eigenvalue weighted by atomic mass is 10.1. The van der Waals surface area contributed by atoms with Crippen LogP contribution in [0.15, 0.2) is 18.2 Å². The summed E-state index contributed by atoms with van der Waals surface area (Å²) in [6.45, 7) is 0.498. The van der Waals surface area contributed by atoms with E-state index in [1.165, 1.54) is 12.1 Å². The molecule has 0 N–H and O–H groups in total. The Hall–Kier alpha value is -1.61. The normalized spacial score (nSPS) is 15.6. The molecule has 5 nitrogen and oxygen atoms in total. The van der Waals surface area contributed by atoms with Gasteiger partial charge in [0.2, 0.25) is 0 Å². The molecule has 0 heterocycles. The fraction of sp³-hybridized carbons (Fsp3) is 0.462. The molecule has 19 heavy (non-hydrogen) atoms. The molecule has 2 rings (SSSR count). The zero-order chi connectivity index (χ0) is 13.9. The molecule has 0 saturated heterocycles. The molecule has 0 aliphatic heterocycles. The first-order chi connectivity index (χ1) is 9.10. The van der Waals surface area contributed by atoms with E-state index in [0.29, 0.717) is 24.1 Å². The van der Waals surface area contributed by atoms with Crippen LogP contribution in [0.2, 0.25) is 0 Å². The number of benzene rings is 1. The van der Waals surface area contributed by atoms with Crippen molar-refractivity contribution in [3.05, 3.63) is 33.9 Å². The monoisotopic (exact) mass is 324 g/mol. The van der Waals surface area contributed by atoms with E-state index < -0.39 is 4.92 Å². The fourth-order valence-electron chi connectivity index (χ4n) is 1.87. The number of non-ortho nitro benzene ring substituents is 1. The second-order valence-corrected chi connectivity index (χ2v) is 5.37. The molecule has 1 fully saturated rings. The molecule has 0 aromatic heterocycles. The van der Waals surface area contributed by atoms with Gasteiger partial charge in [0.25, 0.3) is 5.69 Å². The van der Waals surface area contributed by atoms with E-state index in [1.54, 1.807) is 6.07 Å².